The van der Waals surface area contributed by atoms with E-state index in [9.17, 15) is 18.0 Å². The van der Waals surface area contributed by atoms with Crippen molar-refractivity contribution < 1.29 is 23.1 Å². The fraction of sp³-hybridized carbons (Fsp3) is 0.818. The van der Waals surface area contributed by atoms with Crippen molar-refractivity contribution in [3.8, 4) is 0 Å². The van der Waals surface area contributed by atoms with Crippen LogP contribution in [-0.4, -0.2) is 61.1 Å². The maximum absolute atomic E-state index is 11.9. The fourth-order valence-electron chi connectivity index (χ4n) is 2.35. The van der Waals surface area contributed by atoms with Gasteiger partial charge in [0.05, 0.1) is 11.7 Å². The molecule has 3 unspecified atom stereocenters. The van der Waals surface area contributed by atoms with Gasteiger partial charge in [0.2, 0.25) is 0 Å². The van der Waals surface area contributed by atoms with E-state index in [4.69, 9.17) is 5.11 Å². The molecule has 0 spiro atoms. The van der Waals surface area contributed by atoms with Gasteiger partial charge in [0.15, 0.2) is 0 Å². The number of nitrogens with zero attached hydrogens (tertiary/aromatic N) is 1. The highest BCUT2D eigenvalue weighted by Crippen LogP contribution is 2.24. The molecule has 19 heavy (non-hydrogen) atoms. The van der Waals surface area contributed by atoms with E-state index in [0.29, 0.717) is 13.0 Å². The first kappa shape index (κ1) is 15.7. The van der Waals surface area contributed by atoms with Crippen molar-refractivity contribution in [3.63, 3.8) is 0 Å². The molecule has 1 fully saturated rings. The third-order valence-electron chi connectivity index (χ3n) is 3.26. The van der Waals surface area contributed by atoms with Crippen LogP contribution < -0.4 is 5.32 Å². The summed E-state index contributed by atoms with van der Waals surface area (Å²) >= 11 is 0. The van der Waals surface area contributed by atoms with Crippen LogP contribution in [0.5, 0.6) is 0 Å². The lowest BCUT2D eigenvalue weighted by molar-refractivity contribution is -0.142. The van der Waals surface area contributed by atoms with Crippen LogP contribution in [0.3, 0.4) is 0 Å². The highest BCUT2D eigenvalue weighted by atomic mass is 32.2. The number of amides is 2. The van der Waals surface area contributed by atoms with Crippen molar-refractivity contribution in [1.82, 2.24) is 10.2 Å². The molecule has 0 aliphatic carbocycles. The van der Waals surface area contributed by atoms with E-state index in [0.717, 1.165) is 6.26 Å². The lowest BCUT2D eigenvalue weighted by Gasteiger charge is -2.25. The molecule has 0 aromatic carbocycles. The molecule has 0 radical (unpaired) electrons. The topological polar surface area (TPSA) is 104 Å². The van der Waals surface area contributed by atoms with E-state index in [1.165, 1.54) is 4.90 Å². The van der Waals surface area contributed by atoms with E-state index in [1.54, 1.807) is 13.8 Å². The highest BCUT2D eigenvalue weighted by Gasteiger charge is 2.38. The monoisotopic (exact) mass is 292 g/mol. The Morgan fingerprint density at radius 3 is 2.47 bits per heavy atom. The Morgan fingerprint density at radius 2 is 2.05 bits per heavy atom. The summed E-state index contributed by atoms with van der Waals surface area (Å²) in [6, 6.07) is -1.30. The first-order valence-electron chi connectivity index (χ1n) is 6.09. The number of sulfone groups is 1. The largest absolute Gasteiger partial charge is 0.481 e. The Bertz CT molecular complexity index is 462. The first-order valence-corrected chi connectivity index (χ1v) is 8.15. The van der Waals surface area contributed by atoms with Gasteiger partial charge in [-0.15, -0.1) is 0 Å². The number of urea groups is 1. The summed E-state index contributed by atoms with van der Waals surface area (Å²) in [5, 5.41) is 11.6. The van der Waals surface area contributed by atoms with Crippen molar-refractivity contribution in [2.45, 2.75) is 32.4 Å². The van der Waals surface area contributed by atoms with Crippen LogP contribution in [0.4, 0.5) is 4.79 Å². The Balaban J connectivity index is 2.58. The van der Waals surface area contributed by atoms with Crippen molar-refractivity contribution in [1.29, 1.82) is 0 Å². The Morgan fingerprint density at radius 1 is 1.47 bits per heavy atom. The molecule has 2 amide bonds. The molecule has 1 rings (SSSR count). The van der Waals surface area contributed by atoms with E-state index < -0.39 is 33.8 Å². The van der Waals surface area contributed by atoms with Crippen LogP contribution >= 0.6 is 0 Å². The van der Waals surface area contributed by atoms with Gasteiger partial charge < -0.3 is 15.3 Å². The summed E-state index contributed by atoms with van der Waals surface area (Å²) in [4.78, 5) is 24.3. The molecule has 0 aromatic heterocycles. The third kappa shape index (κ3) is 4.38. The molecule has 1 saturated heterocycles. The molecular weight excluding hydrogens is 272 g/mol. The van der Waals surface area contributed by atoms with E-state index in [2.05, 4.69) is 5.32 Å². The second-order valence-electron chi connectivity index (χ2n) is 5.11. The first-order chi connectivity index (χ1) is 8.61. The molecule has 0 aromatic rings. The number of hydrogen-bond donors (Lipinski definition) is 2. The highest BCUT2D eigenvalue weighted by molar-refractivity contribution is 7.90. The number of aliphatic carboxylic acids is 1. The van der Waals surface area contributed by atoms with Crippen LogP contribution in [0.1, 0.15) is 20.3 Å². The van der Waals surface area contributed by atoms with Gasteiger partial charge in [0, 0.05) is 24.9 Å². The molecule has 0 saturated carbocycles. The predicted octanol–water partition coefficient (Wildman–Crippen LogP) is -0.0759. The zero-order valence-corrected chi connectivity index (χ0v) is 12.1. The Labute approximate surface area is 112 Å². The molecule has 0 bridgehead atoms. The van der Waals surface area contributed by atoms with Crippen LogP contribution in [0.15, 0.2) is 0 Å². The quantitative estimate of drug-likeness (QED) is 0.754. The number of carbonyl (C=O) groups is 2. The SMILES string of the molecule is CC(CS(C)(=O)=O)NC(=O)N1CCC(C(=O)O)C1C. The molecular formula is C11H20N2O5S. The third-order valence-corrected chi connectivity index (χ3v) is 4.36. The standard InChI is InChI=1S/C11H20N2O5S/c1-7(6-19(3,17)18)12-11(16)13-5-4-9(8(13)2)10(14)15/h7-9H,4-6H2,1-3H3,(H,12,16)(H,14,15). The normalized spacial score (nSPS) is 25.1. The predicted molar refractivity (Wildman–Crippen MR) is 69.6 cm³/mol. The molecule has 3 atom stereocenters. The van der Waals surface area contributed by atoms with Gasteiger partial charge >= 0.3 is 12.0 Å². The van der Waals surface area contributed by atoms with E-state index in [-0.39, 0.29) is 11.8 Å². The van der Waals surface area contributed by atoms with Crippen molar-refractivity contribution in [3.05, 3.63) is 0 Å². The van der Waals surface area contributed by atoms with Gasteiger partial charge in [-0.25, -0.2) is 13.2 Å². The van der Waals surface area contributed by atoms with Crippen LogP contribution in [0, 0.1) is 5.92 Å². The Kier molecular flexibility index (Phi) is 4.78. The molecule has 1 heterocycles. The van der Waals surface area contributed by atoms with Crippen LogP contribution in [0.25, 0.3) is 0 Å². The Hall–Kier alpha value is -1.31. The van der Waals surface area contributed by atoms with Crippen molar-refractivity contribution in [2.24, 2.45) is 5.92 Å². The number of carboxylic acids is 1. The minimum atomic E-state index is -3.16. The van der Waals surface area contributed by atoms with Crippen LogP contribution in [-0.2, 0) is 14.6 Å². The summed E-state index contributed by atoms with van der Waals surface area (Å²) in [7, 11) is -3.16. The molecule has 1 aliphatic rings. The van der Waals surface area contributed by atoms with Gasteiger partial charge in [0.1, 0.15) is 9.84 Å². The smallest absolute Gasteiger partial charge is 0.317 e. The van der Waals surface area contributed by atoms with Gasteiger partial charge in [-0.2, -0.15) is 0 Å². The molecule has 7 nitrogen and oxygen atoms in total. The minimum absolute atomic E-state index is 0.136. The molecule has 8 heteroatoms. The number of carbonyl (C=O) groups excluding carboxylic acids is 1. The minimum Gasteiger partial charge on any atom is -0.481 e. The van der Waals surface area contributed by atoms with Gasteiger partial charge in [-0.3, -0.25) is 4.79 Å². The average Bonchev–Trinajstić information content (AvgIpc) is 2.56. The average molecular weight is 292 g/mol. The number of rotatable bonds is 4. The fourth-order valence-corrected chi connectivity index (χ4v) is 3.34. The summed E-state index contributed by atoms with van der Waals surface area (Å²) in [6.07, 6.45) is 1.53. The maximum atomic E-state index is 11.9. The summed E-state index contributed by atoms with van der Waals surface area (Å²) in [5.74, 6) is -1.61. The second kappa shape index (κ2) is 5.77. The number of hydrogen-bond acceptors (Lipinski definition) is 4. The zero-order chi connectivity index (χ0) is 14.8. The zero-order valence-electron chi connectivity index (χ0n) is 11.3. The van der Waals surface area contributed by atoms with E-state index in [1.807, 2.05) is 0 Å². The molecule has 110 valence electrons. The summed E-state index contributed by atoms with van der Waals surface area (Å²) in [5.41, 5.74) is 0. The molecule has 1 aliphatic heterocycles. The lowest BCUT2D eigenvalue weighted by Crippen LogP contribution is -2.48. The van der Waals surface area contributed by atoms with Crippen molar-refractivity contribution >= 4 is 21.8 Å². The van der Waals surface area contributed by atoms with Crippen LogP contribution in [0.2, 0.25) is 0 Å². The van der Waals surface area contributed by atoms with E-state index >= 15 is 0 Å². The number of likely N-dealkylation sites (tertiary alicyclic amines) is 1. The van der Waals surface area contributed by atoms with Gasteiger partial charge in [0.25, 0.3) is 0 Å². The lowest BCUT2D eigenvalue weighted by atomic mass is 10.0. The maximum Gasteiger partial charge on any atom is 0.317 e. The number of carboxylic acid groups (broad SMARTS) is 1. The van der Waals surface area contributed by atoms with Gasteiger partial charge in [-0.1, -0.05) is 0 Å². The summed E-state index contributed by atoms with van der Waals surface area (Å²) < 4.78 is 22.2. The number of nitrogens with one attached hydrogen (secondary N) is 1. The van der Waals surface area contributed by atoms with Crippen molar-refractivity contribution in [2.75, 3.05) is 18.6 Å². The second-order valence-corrected chi connectivity index (χ2v) is 7.30. The van der Waals surface area contributed by atoms with Gasteiger partial charge in [-0.05, 0) is 20.3 Å². The summed E-state index contributed by atoms with van der Waals surface area (Å²) in [6.45, 7) is 3.66. The molecule has 2 N–H and O–H groups in total.